The quantitative estimate of drug-likeness (QED) is 0.331. The van der Waals surface area contributed by atoms with E-state index in [0.717, 1.165) is 38.9 Å². The molecule has 0 unspecified atom stereocenters. The fourth-order valence-corrected chi connectivity index (χ4v) is 7.03. The zero-order valence-electron chi connectivity index (χ0n) is 23.3. The van der Waals surface area contributed by atoms with Crippen molar-refractivity contribution in [1.82, 2.24) is 25.2 Å². The van der Waals surface area contributed by atoms with Gasteiger partial charge in [-0.1, -0.05) is 30.2 Å². The Bertz CT molecular complexity index is 1740. The highest BCUT2D eigenvalue weighted by molar-refractivity contribution is 6.02. The molecule has 42 heavy (non-hydrogen) atoms. The molecule has 0 aliphatic carbocycles. The van der Waals surface area contributed by atoms with E-state index in [9.17, 15) is 8.78 Å². The molecule has 0 radical (unpaired) electrons. The second-order valence-electron chi connectivity index (χ2n) is 11.6. The van der Waals surface area contributed by atoms with E-state index in [2.05, 4.69) is 26.1 Å². The van der Waals surface area contributed by atoms with Gasteiger partial charge in [-0.15, -0.1) is 6.42 Å². The lowest BCUT2D eigenvalue weighted by atomic mass is 9.95. The molecule has 3 fully saturated rings. The van der Waals surface area contributed by atoms with Gasteiger partial charge in [-0.2, -0.15) is 9.97 Å². The Hall–Kier alpha value is -3.94. The van der Waals surface area contributed by atoms with Crippen molar-refractivity contribution in [3.05, 3.63) is 53.7 Å². The van der Waals surface area contributed by atoms with Crippen molar-refractivity contribution >= 4 is 27.5 Å². The van der Waals surface area contributed by atoms with E-state index in [0.29, 0.717) is 40.5 Å². The topological polar surface area (TPSA) is 66.4 Å². The lowest BCUT2D eigenvalue weighted by Gasteiger charge is -2.31. The highest BCUT2D eigenvalue weighted by atomic mass is 19.1. The second-order valence-corrected chi connectivity index (χ2v) is 11.6. The van der Waals surface area contributed by atoms with Crippen LogP contribution in [-0.4, -0.2) is 77.4 Å². The molecular weight excluding hydrogens is 541 g/mol. The van der Waals surface area contributed by atoms with Crippen molar-refractivity contribution in [2.75, 3.05) is 44.7 Å². The molecule has 2 aromatic carbocycles. The molecule has 1 N–H and O–H groups in total. The predicted molar refractivity (Wildman–Crippen MR) is 156 cm³/mol. The summed E-state index contributed by atoms with van der Waals surface area (Å²) in [5, 5.41) is 4.88. The number of hydrogen-bond acceptors (Lipinski definition) is 7. The van der Waals surface area contributed by atoms with Gasteiger partial charge in [0, 0.05) is 49.7 Å². The zero-order chi connectivity index (χ0) is 29.0. The lowest BCUT2D eigenvalue weighted by molar-refractivity contribution is 0.107. The molecule has 5 heterocycles. The highest BCUT2D eigenvalue weighted by Crippen LogP contribution is 2.41. The number of alkyl halides is 1. The molecule has 2 aromatic heterocycles. The van der Waals surface area contributed by atoms with E-state index >= 15 is 4.39 Å². The Balaban J connectivity index is 1.36. The first-order valence-electron chi connectivity index (χ1n) is 14.4. The van der Waals surface area contributed by atoms with Crippen LogP contribution in [0.5, 0.6) is 6.01 Å². The number of pyridine rings is 1. The highest BCUT2D eigenvalue weighted by Gasteiger charge is 2.49. The lowest BCUT2D eigenvalue weighted by Crippen LogP contribution is -2.43. The first-order chi connectivity index (χ1) is 20.4. The minimum Gasteiger partial charge on any atom is -0.461 e. The number of halogens is 3. The van der Waals surface area contributed by atoms with E-state index in [4.69, 9.17) is 16.1 Å². The van der Waals surface area contributed by atoms with Crippen LogP contribution in [-0.2, 0) is 0 Å². The van der Waals surface area contributed by atoms with Crippen molar-refractivity contribution in [3.8, 4) is 29.6 Å². The molecule has 0 saturated carbocycles. The molecule has 3 atom stereocenters. The van der Waals surface area contributed by atoms with Gasteiger partial charge in [0.1, 0.15) is 35.6 Å². The largest absolute Gasteiger partial charge is 0.461 e. The number of nitrogens with zero attached hydrogens (tertiary/aromatic N) is 5. The van der Waals surface area contributed by atoms with Gasteiger partial charge < -0.3 is 15.0 Å². The third-order valence-corrected chi connectivity index (χ3v) is 9.18. The van der Waals surface area contributed by atoms with E-state index in [1.165, 1.54) is 6.07 Å². The molecule has 4 aromatic rings. The number of nitrogens with one attached hydrogen (secondary N) is 1. The van der Waals surface area contributed by atoms with Crippen LogP contribution < -0.4 is 15.0 Å². The number of rotatable bonds is 6. The van der Waals surface area contributed by atoms with Crippen LogP contribution in [0.15, 0.2) is 36.5 Å². The molecule has 10 heteroatoms. The maximum absolute atomic E-state index is 16.6. The Morgan fingerprint density at radius 1 is 1.24 bits per heavy atom. The standard InChI is InChI=1S/C32H31F3N6O/c1-3-22-25(34)9-8-19-6-4-7-23(26(19)22)28-27(35)29-24(16-37-28)30(40(2)21-10-12-36-15-21)39-31(38-29)42-18-32-11-5-13-41(32)17-20(33)14-32/h1,4,6-9,16,20-21,36H,5,10-15,17-18H2,2H3/t20-,21-,32+/m1/s1. The summed E-state index contributed by atoms with van der Waals surface area (Å²) in [5.41, 5.74) is 0.0699. The monoisotopic (exact) mass is 572 g/mol. The SMILES string of the molecule is C#Cc1c(F)ccc2cccc(-c3ncc4c(N(C)[C@@H]5CCNC5)nc(OC[C@@]56CCCN5C[C@H](F)C6)nc4c3F)c12. The molecular formula is C32H31F3N6O. The van der Waals surface area contributed by atoms with E-state index in [-0.39, 0.29) is 35.4 Å². The van der Waals surface area contributed by atoms with Gasteiger partial charge in [0.25, 0.3) is 0 Å². The summed E-state index contributed by atoms with van der Waals surface area (Å²) in [5.74, 6) is 1.69. The van der Waals surface area contributed by atoms with Crippen LogP contribution in [0, 0.1) is 24.0 Å². The molecule has 3 saturated heterocycles. The van der Waals surface area contributed by atoms with Crippen LogP contribution in [0.1, 0.15) is 31.2 Å². The molecule has 0 amide bonds. The fourth-order valence-electron chi connectivity index (χ4n) is 7.03. The van der Waals surface area contributed by atoms with Crippen LogP contribution in [0.2, 0.25) is 0 Å². The first kappa shape index (κ1) is 26.9. The van der Waals surface area contributed by atoms with Crippen molar-refractivity contribution in [1.29, 1.82) is 0 Å². The van der Waals surface area contributed by atoms with Crippen molar-refractivity contribution in [3.63, 3.8) is 0 Å². The minimum atomic E-state index is -0.896. The third kappa shape index (κ3) is 4.34. The van der Waals surface area contributed by atoms with Gasteiger partial charge in [0.2, 0.25) is 0 Å². The molecule has 3 aliphatic rings. The van der Waals surface area contributed by atoms with Crippen LogP contribution in [0.3, 0.4) is 0 Å². The average Bonchev–Trinajstić information content (AvgIpc) is 3.72. The van der Waals surface area contributed by atoms with Gasteiger partial charge in [0.15, 0.2) is 5.82 Å². The number of likely N-dealkylation sites (N-methyl/N-ethyl adjacent to an activating group) is 1. The van der Waals surface area contributed by atoms with Crippen molar-refractivity contribution in [2.24, 2.45) is 0 Å². The second kappa shape index (κ2) is 10.4. The maximum atomic E-state index is 16.6. The maximum Gasteiger partial charge on any atom is 0.319 e. The van der Waals surface area contributed by atoms with Crippen molar-refractivity contribution in [2.45, 2.75) is 43.4 Å². The third-order valence-electron chi connectivity index (χ3n) is 9.18. The molecule has 0 spiro atoms. The molecule has 7 rings (SSSR count). The van der Waals surface area contributed by atoms with Gasteiger partial charge in [-0.3, -0.25) is 9.88 Å². The average molecular weight is 573 g/mol. The molecule has 7 nitrogen and oxygen atoms in total. The van der Waals surface area contributed by atoms with Crippen LogP contribution >= 0.6 is 0 Å². The number of fused-ring (bicyclic) bond motifs is 3. The molecule has 0 bridgehead atoms. The summed E-state index contributed by atoms with van der Waals surface area (Å²) in [4.78, 5) is 18.0. The van der Waals surface area contributed by atoms with E-state index in [1.54, 1.807) is 30.5 Å². The van der Waals surface area contributed by atoms with Crippen molar-refractivity contribution < 1.29 is 17.9 Å². The summed E-state index contributed by atoms with van der Waals surface area (Å²) in [6, 6.07) is 8.33. The summed E-state index contributed by atoms with van der Waals surface area (Å²) in [6.45, 7) is 3.09. The van der Waals surface area contributed by atoms with Gasteiger partial charge in [0.05, 0.1) is 16.5 Å². The van der Waals surface area contributed by atoms with Crippen LogP contribution in [0.25, 0.3) is 32.9 Å². The summed E-state index contributed by atoms with van der Waals surface area (Å²) < 4.78 is 51.9. The summed E-state index contributed by atoms with van der Waals surface area (Å²) in [6.07, 6.45) is 9.45. The molecule has 3 aliphatic heterocycles. The number of aromatic nitrogens is 3. The Morgan fingerprint density at radius 2 is 2.12 bits per heavy atom. The minimum absolute atomic E-state index is 0.00705. The first-order valence-corrected chi connectivity index (χ1v) is 14.4. The van der Waals surface area contributed by atoms with Gasteiger partial charge >= 0.3 is 6.01 Å². The summed E-state index contributed by atoms with van der Waals surface area (Å²) in [7, 11) is 1.92. The van der Waals surface area contributed by atoms with Crippen LogP contribution in [0.4, 0.5) is 19.0 Å². The fraction of sp³-hybridized carbons (Fsp3) is 0.406. The number of terminal acetylenes is 1. The van der Waals surface area contributed by atoms with Gasteiger partial charge in [-0.25, -0.2) is 13.2 Å². The number of benzene rings is 2. The Kier molecular flexibility index (Phi) is 6.67. The number of anilines is 1. The Labute approximate surface area is 242 Å². The van der Waals surface area contributed by atoms with E-state index in [1.807, 2.05) is 11.9 Å². The number of ether oxygens (including phenoxy) is 1. The smallest absolute Gasteiger partial charge is 0.319 e. The van der Waals surface area contributed by atoms with Gasteiger partial charge in [-0.05, 0) is 43.8 Å². The Morgan fingerprint density at radius 3 is 2.93 bits per heavy atom. The zero-order valence-corrected chi connectivity index (χ0v) is 23.3. The normalized spacial score (nSPS) is 23.9. The molecule has 216 valence electrons. The predicted octanol–water partition coefficient (Wildman–Crippen LogP) is 4.86. The number of hydrogen-bond donors (Lipinski definition) is 1. The van der Waals surface area contributed by atoms with E-state index < -0.39 is 23.3 Å². The summed E-state index contributed by atoms with van der Waals surface area (Å²) >= 11 is 0.